The molecule has 0 spiro atoms. The molecule has 118 valence electrons. The van der Waals surface area contributed by atoms with Crippen LogP contribution in [0.25, 0.3) is 0 Å². The number of aromatic nitrogens is 2. The third kappa shape index (κ3) is 2.81. The highest BCUT2D eigenvalue weighted by Gasteiger charge is 2.38. The fraction of sp³-hybridized carbons (Fsp3) is 0.400. The molecule has 0 unspecified atom stereocenters. The summed E-state index contributed by atoms with van der Waals surface area (Å²) < 4.78 is 44.5. The molecule has 4 nitrogen and oxygen atoms in total. The van der Waals surface area contributed by atoms with E-state index in [9.17, 15) is 13.2 Å². The number of fused-ring (bicyclic) bond motifs is 1. The first kappa shape index (κ1) is 14.9. The van der Waals surface area contributed by atoms with Crippen LogP contribution in [0.4, 0.5) is 13.2 Å². The van der Waals surface area contributed by atoms with Gasteiger partial charge in [0, 0.05) is 6.04 Å². The minimum Gasteiger partial charge on any atom is -0.493 e. The molecule has 7 heteroatoms. The van der Waals surface area contributed by atoms with E-state index in [1.165, 1.54) is 29.1 Å². The lowest BCUT2D eigenvalue weighted by atomic mass is 10.1. The van der Waals surface area contributed by atoms with Gasteiger partial charge in [-0.15, -0.1) is 0 Å². The Morgan fingerprint density at radius 3 is 2.68 bits per heavy atom. The van der Waals surface area contributed by atoms with Gasteiger partial charge < -0.3 is 10.5 Å². The van der Waals surface area contributed by atoms with Crippen LogP contribution in [0.2, 0.25) is 0 Å². The van der Waals surface area contributed by atoms with Crippen molar-refractivity contribution in [3.05, 3.63) is 46.8 Å². The number of ether oxygens (including phenoxy) is 1. The van der Waals surface area contributed by atoms with Crippen molar-refractivity contribution in [2.45, 2.75) is 31.6 Å². The number of benzene rings is 1. The summed E-state index contributed by atoms with van der Waals surface area (Å²) >= 11 is 0. The number of alkyl halides is 3. The number of hydrogen-bond acceptors (Lipinski definition) is 3. The Morgan fingerprint density at radius 1 is 1.32 bits per heavy atom. The van der Waals surface area contributed by atoms with Crippen LogP contribution in [0.1, 0.15) is 22.4 Å². The van der Waals surface area contributed by atoms with E-state index in [4.69, 9.17) is 10.5 Å². The monoisotopic (exact) mass is 311 g/mol. The molecule has 1 aliphatic rings. The highest BCUT2D eigenvalue weighted by Crippen LogP contribution is 2.35. The van der Waals surface area contributed by atoms with Crippen LogP contribution in [-0.4, -0.2) is 22.9 Å². The molecule has 2 aromatic rings. The quantitative estimate of drug-likeness (QED) is 0.947. The van der Waals surface area contributed by atoms with Crippen molar-refractivity contribution in [2.75, 3.05) is 7.11 Å². The Bertz CT molecular complexity index is 694. The van der Waals surface area contributed by atoms with Gasteiger partial charge in [-0.1, -0.05) is 18.2 Å². The predicted molar refractivity (Wildman–Crippen MR) is 74.7 cm³/mol. The zero-order valence-electron chi connectivity index (χ0n) is 12.0. The Hall–Kier alpha value is -2.02. The van der Waals surface area contributed by atoms with Crippen LogP contribution in [-0.2, 0) is 25.6 Å². The van der Waals surface area contributed by atoms with E-state index in [1.54, 1.807) is 0 Å². The summed E-state index contributed by atoms with van der Waals surface area (Å²) in [6, 6.07) is 6.01. The molecular weight excluding hydrogens is 295 g/mol. The van der Waals surface area contributed by atoms with Crippen molar-refractivity contribution in [1.82, 2.24) is 9.78 Å². The Labute approximate surface area is 125 Å². The number of nitrogens with zero attached hydrogens (tertiary/aromatic N) is 2. The Balaban J connectivity index is 1.85. The molecule has 0 radical (unpaired) electrons. The number of halogens is 3. The van der Waals surface area contributed by atoms with Crippen LogP contribution < -0.4 is 10.5 Å². The molecule has 2 N–H and O–H groups in total. The third-order valence-corrected chi connectivity index (χ3v) is 3.80. The molecule has 0 bridgehead atoms. The molecule has 0 aliphatic heterocycles. The highest BCUT2D eigenvalue weighted by atomic mass is 19.4. The van der Waals surface area contributed by atoms with E-state index >= 15 is 0 Å². The molecule has 1 aliphatic carbocycles. The van der Waals surface area contributed by atoms with Gasteiger partial charge >= 0.3 is 6.18 Å². The van der Waals surface area contributed by atoms with Gasteiger partial charge in [0.1, 0.15) is 0 Å². The summed E-state index contributed by atoms with van der Waals surface area (Å²) in [5.41, 5.74) is 8.19. The summed E-state index contributed by atoms with van der Waals surface area (Å²) in [5.74, 6) is -0.268. The lowest BCUT2D eigenvalue weighted by Crippen LogP contribution is -2.18. The van der Waals surface area contributed by atoms with E-state index in [1.807, 2.05) is 18.2 Å². The van der Waals surface area contributed by atoms with E-state index in [0.29, 0.717) is 0 Å². The van der Waals surface area contributed by atoms with E-state index < -0.39 is 11.9 Å². The van der Waals surface area contributed by atoms with Gasteiger partial charge in [-0.3, -0.25) is 4.68 Å². The fourth-order valence-corrected chi connectivity index (χ4v) is 2.82. The van der Waals surface area contributed by atoms with Crippen molar-refractivity contribution < 1.29 is 17.9 Å². The average molecular weight is 311 g/mol. The van der Waals surface area contributed by atoms with Gasteiger partial charge in [-0.2, -0.15) is 18.3 Å². The van der Waals surface area contributed by atoms with Gasteiger partial charge in [-0.25, -0.2) is 0 Å². The Kier molecular flexibility index (Phi) is 3.60. The molecular formula is C15H16F3N3O. The fourth-order valence-electron chi connectivity index (χ4n) is 2.82. The van der Waals surface area contributed by atoms with E-state index in [2.05, 4.69) is 5.10 Å². The van der Waals surface area contributed by atoms with Gasteiger partial charge in [0.15, 0.2) is 5.75 Å². The molecule has 0 saturated carbocycles. The summed E-state index contributed by atoms with van der Waals surface area (Å²) in [5, 5.41) is 3.60. The lowest BCUT2D eigenvalue weighted by molar-refractivity contribution is -0.142. The van der Waals surface area contributed by atoms with E-state index in [0.717, 1.165) is 18.4 Å². The van der Waals surface area contributed by atoms with Gasteiger partial charge in [-0.05, 0) is 29.5 Å². The number of hydrogen-bond donors (Lipinski definition) is 1. The zero-order valence-corrected chi connectivity index (χ0v) is 12.0. The van der Waals surface area contributed by atoms with Crippen LogP contribution in [0.5, 0.6) is 5.75 Å². The first-order valence-corrected chi connectivity index (χ1v) is 6.91. The smallest absolute Gasteiger partial charge is 0.438 e. The van der Waals surface area contributed by atoms with Gasteiger partial charge in [0.25, 0.3) is 0 Å². The SMILES string of the molecule is COc1cn(Cc2ccc3c(c2)C[C@@H](N)C3)nc1C(F)(F)F. The predicted octanol–water partition coefficient (Wildman–Crippen LogP) is 2.38. The maximum absolute atomic E-state index is 12.8. The zero-order chi connectivity index (χ0) is 15.9. The van der Waals surface area contributed by atoms with Crippen LogP contribution in [0, 0.1) is 0 Å². The molecule has 1 atom stereocenters. The minimum absolute atomic E-state index is 0.131. The molecule has 1 aromatic carbocycles. The summed E-state index contributed by atoms with van der Waals surface area (Å²) in [6.07, 6.45) is -1.61. The highest BCUT2D eigenvalue weighted by molar-refractivity contribution is 5.37. The second-order valence-electron chi connectivity index (χ2n) is 5.51. The standard InChI is InChI=1S/C15H16F3N3O/c1-22-13-8-21(20-14(13)15(16,17)18)7-9-2-3-10-5-12(19)6-11(10)4-9/h2-4,8,12H,5-7,19H2,1H3/t12-/m0/s1. The molecule has 1 heterocycles. The van der Waals surface area contributed by atoms with Crippen LogP contribution in [0.3, 0.4) is 0 Å². The first-order chi connectivity index (χ1) is 10.4. The minimum atomic E-state index is -4.53. The third-order valence-electron chi connectivity index (χ3n) is 3.80. The van der Waals surface area contributed by atoms with Crippen LogP contribution >= 0.6 is 0 Å². The molecule has 0 amide bonds. The largest absolute Gasteiger partial charge is 0.493 e. The topological polar surface area (TPSA) is 53.1 Å². The van der Waals surface area contributed by atoms with Crippen molar-refractivity contribution in [3.63, 3.8) is 0 Å². The van der Waals surface area contributed by atoms with Crippen molar-refractivity contribution in [2.24, 2.45) is 5.73 Å². The first-order valence-electron chi connectivity index (χ1n) is 6.91. The van der Waals surface area contributed by atoms with Crippen molar-refractivity contribution >= 4 is 0 Å². The van der Waals surface area contributed by atoms with Crippen LogP contribution in [0.15, 0.2) is 24.4 Å². The molecule has 0 saturated heterocycles. The number of methoxy groups -OCH3 is 1. The molecule has 1 aromatic heterocycles. The molecule has 22 heavy (non-hydrogen) atoms. The molecule has 3 rings (SSSR count). The molecule has 0 fully saturated rings. The second-order valence-corrected chi connectivity index (χ2v) is 5.51. The van der Waals surface area contributed by atoms with Gasteiger partial charge in [0.2, 0.25) is 5.69 Å². The maximum Gasteiger partial charge on any atom is 0.438 e. The summed E-state index contributed by atoms with van der Waals surface area (Å²) in [4.78, 5) is 0. The van der Waals surface area contributed by atoms with Gasteiger partial charge in [0.05, 0.1) is 19.9 Å². The van der Waals surface area contributed by atoms with E-state index in [-0.39, 0.29) is 18.3 Å². The number of nitrogens with two attached hydrogens (primary N) is 1. The Morgan fingerprint density at radius 2 is 2.05 bits per heavy atom. The maximum atomic E-state index is 12.8. The second kappa shape index (κ2) is 5.31. The average Bonchev–Trinajstić information content (AvgIpc) is 3.00. The summed E-state index contributed by atoms with van der Waals surface area (Å²) in [6.45, 7) is 0.259. The lowest BCUT2D eigenvalue weighted by Gasteiger charge is -2.05. The normalized spacial score (nSPS) is 17.6. The number of rotatable bonds is 3. The summed E-state index contributed by atoms with van der Waals surface area (Å²) in [7, 11) is 1.20. The van der Waals surface area contributed by atoms with Crippen molar-refractivity contribution in [3.8, 4) is 5.75 Å². The van der Waals surface area contributed by atoms with Crippen molar-refractivity contribution in [1.29, 1.82) is 0 Å².